The molecule has 0 amide bonds. The number of rotatable bonds is 4. The fourth-order valence-electron chi connectivity index (χ4n) is 1.48. The Morgan fingerprint density at radius 1 is 1.56 bits per heavy atom. The van der Waals surface area contributed by atoms with Crippen LogP contribution in [0, 0.1) is 0 Å². The van der Waals surface area contributed by atoms with Crippen molar-refractivity contribution in [3.8, 4) is 0 Å². The van der Waals surface area contributed by atoms with E-state index < -0.39 is 12.0 Å². The number of halogens is 1. The number of carboxylic acids is 1. The summed E-state index contributed by atoms with van der Waals surface area (Å²) in [6, 6.07) is 4.86. The molecule has 4 nitrogen and oxygen atoms in total. The molecule has 88 valence electrons. The van der Waals surface area contributed by atoms with Crippen LogP contribution in [0.5, 0.6) is 0 Å². The van der Waals surface area contributed by atoms with Gasteiger partial charge in [-0.2, -0.15) is 0 Å². The van der Waals surface area contributed by atoms with E-state index >= 15 is 0 Å². The zero-order valence-corrected chi connectivity index (χ0v) is 10.9. The Labute approximate surface area is 103 Å². The molecule has 0 saturated heterocycles. The lowest BCUT2D eigenvalue weighted by Crippen LogP contribution is -2.33. The smallest absolute Gasteiger partial charge is 0.320 e. The Morgan fingerprint density at radius 2 is 2.19 bits per heavy atom. The van der Waals surface area contributed by atoms with E-state index in [1.54, 1.807) is 0 Å². The second-order valence-corrected chi connectivity index (χ2v) is 4.64. The molecule has 0 aliphatic carbocycles. The first-order valence-electron chi connectivity index (χ1n) is 4.86. The number of nitrogens with two attached hydrogens (primary N) is 1. The highest BCUT2D eigenvalue weighted by Crippen LogP contribution is 2.27. The molecule has 1 rings (SSSR count). The predicted molar refractivity (Wildman–Crippen MR) is 67.8 cm³/mol. The molecule has 0 aliphatic heterocycles. The zero-order valence-electron chi connectivity index (χ0n) is 9.27. The van der Waals surface area contributed by atoms with Gasteiger partial charge in [0, 0.05) is 30.7 Å². The van der Waals surface area contributed by atoms with Crippen molar-refractivity contribution in [3.63, 3.8) is 0 Å². The maximum Gasteiger partial charge on any atom is 0.320 e. The van der Waals surface area contributed by atoms with Gasteiger partial charge in [0.25, 0.3) is 0 Å². The van der Waals surface area contributed by atoms with Crippen LogP contribution in [0.3, 0.4) is 0 Å². The molecule has 0 saturated carbocycles. The lowest BCUT2D eigenvalue weighted by molar-refractivity contribution is -0.138. The molecule has 0 heterocycles. The lowest BCUT2D eigenvalue weighted by Gasteiger charge is -2.19. The van der Waals surface area contributed by atoms with Gasteiger partial charge in [-0.15, -0.1) is 0 Å². The van der Waals surface area contributed by atoms with Crippen LogP contribution in [-0.4, -0.2) is 31.2 Å². The molecular weight excluding hydrogens is 272 g/mol. The fourth-order valence-corrected chi connectivity index (χ4v) is 1.99. The first kappa shape index (κ1) is 13.0. The van der Waals surface area contributed by atoms with Crippen LogP contribution in [0.1, 0.15) is 5.56 Å². The Morgan fingerprint density at radius 3 is 2.69 bits per heavy atom. The Hall–Kier alpha value is -1.07. The maximum absolute atomic E-state index is 10.7. The summed E-state index contributed by atoms with van der Waals surface area (Å²) in [7, 11) is 3.83. The lowest BCUT2D eigenvalue weighted by atomic mass is 10.0. The fraction of sp³-hybridized carbons (Fsp3) is 0.364. The molecule has 0 radical (unpaired) electrons. The van der Waals surface area contributed by atoms with Gasteiger partial charge in [-0.3, -0.25) is 4.79 Å². The highest BCUT2D eigenvalue weighted by atomic mass is 79.9. The summed E-state index contributed by atoms with van der Waals surface area (Å²) in [5, 5.41) is 8.81. The summed E-state index contributed by atoms with van der Waals surface area (Å²) in [4.78, 5) is 12.7. The summed E-state index contributed by atoms with van der Waals surface area (Å²) in [6.45, 7) is 0. The molecular formula is C11H15BrN2O2. The normalized spacial score (nSPS) is 12.2. The van der Waals surface area contributed by atoms with Crippen molar-refractivity contribution in [2.45, 2.75) is 12.5 Å². The van der Waals surface area contributed by atoms with Crippen molar-refractivity contribution in [1.82, 2.24) is 0 Å². The van der Waals surface area contributed by atoms with Crippen molar-refractivity contribution in [1.29, 1.82) is 0 Å². The SMILES string of the molecule is CN(C)c1cccc(Br)c1CC(N)C(=O)O. The van der Waals surface area contributed by atoms with E-state index in [9.17, 15) is 4.79 Å². The number of benzene rings is 1. The summed E-state index contributed by atoms with van der Waals surface area (Å²) in [6.07, 6.45) is 0.310. The maximum atomic E-state index is 10.7. The topological polar surface area (TPSA) is 66.6 Å². The summed E-state index contributed by atoms with van der Waals surface area (Å²) in [5.74, 6) is -0.986. The van der Waals surface area contributed by atoms with Crippen LogP contribution in [0.2, 0.25) is 0 Å². The van der Waals surface area contributed by atoms with Gasteiger partial charge in [-0.1, -0.05) is 22.0 Å². The molecule has 1 unspecified atom stereocenters. The largest absolute Gasteiger partial charge is 0.480 e. The standard InChI is InChI=1S/C11H15BrN2O2/c1-14(2)10-5-3-4-8(12)7(10)6-9(13)11(15)16/h3-5,9H,6,13H2,1-2H3,(H,15,16). The van der Waals surface area contributed by atoms with Gasteiger partial charge >= 0.3 is 5.97 Å². The van der Waals surface area contributed by atoms with Gasteiger partial charge < -0.3 is 15.7 Å². The van der Waals surface area contributed by atoms with E-state index in [-0.39, 0.29) is 0 Å². The molecule has 0 bridgehead atoms. The predicted octanol–water partition coefficient (Wildman–Crippen LogP) is 1.47. The van der Waals surface area contributed by atoms with Crippen LogP contribution in [0.15, 0.2) is 22.7 Å². The molecule has 1 aromatic rings. The second kappa shape index (κ2) is 5.32. The molecule has 5 heteroatoms. The molecule has 0 aromatic heterocycles. The Bertz CT molecular complexity index is 394. The van der Waals surface area contributed by atoms with Crippen molar-refractivity contribution >= 4 is 27.6 Å². The van der Waals surface area contributed by atoms with Crippen molar-refractivity contribution < 1.29 is 9.90 Å². The highest BCUT2D eigenvalue weighted by Gasteiger charge is 2.17. The van der Waals surface area contributed by atoms with Gasteiger partial charge in [-0.05, 0) is 17.7 Å². The van der Waals surface area contributed by atoms with Crippen LogP contribution in [0.25, 0.3) is 0 Å². The molecule has 0 spiro atoms. The number of anilines is 1. The summed E-state index contributed by atoms with van der Waals surface area (Å²) < 4.78 is 0.885. The number of carbonyl (C=O) groups is 1. The van der Waals surface area contributed by atoms with Crippen molar-refractivity contribution in [2.75, 3.05) is 19.0 Å². The quantitative estimate of drug-likeness (QED) is 0.880. The van der Waals surface area contributed by atoms with Gasteiger partial charge in [-0.25, -0.2) is 0 Å². The number of carboxylic acid groups (broad SMARTS) is 1. The molecule has 16 heavy (non-hydrogen) atoms. The van der Waals surface area contributed by atoms with E-state index in [2.05, 4.69) is 15.9 Å². The zero-order chi connectivity index (χ0) is 12.3. The third-order valence-electron chi connectivity index (χ3n) is 2.32. The van der Waals surface area contributed by atoms with Crippen LogP contribution in [0.4, 0.5) is 5.69 Å². The molecule has 3 N–H and O–H groups in total. The van der Waals surface area contributed by atoms with E-state index in [4.69, 9.17) is 10.8 Å². The molecule has 1 aromatic carbocycles. The first-order chi connectivity index (χ1) is 7.43. The van der Waals surface area contributed by atoms with Gasteiger partial charge in [0.05, 0.1) is 0 Å². The molecule has 0 fully saturated rings. The van der Waals surface area contributed by atoms with Crippen molar-refractivity contribution in [3.05, 3.63) is 28.2 Å². The summed E-state index contributed by atoms with van der Waals surface area (Å²) in [5.41, 5.74) is 7.44. The number of hydrogen-bond acceptors (Lipinski definition) is 3. The first-order valence-corrected chi connectivity index (χ1v) is 5.66. The summed E-state index contributed by atoms with van der Waals surface area (Å²) >= 11 is 3.42. The van der Waals surface area contributed by atoms with E-state index in [1.165, 1.54) is 0 Å². The average molecular weight is 287 g/mol. The third-order valence-corrected chi connectivity index (χ3v) is 3.06. The van der Waals surface area contributed by atoms with E-state index in [0.717, 1.165) is 15.7 Å². The van der Waals surface area contributed by atoms with Gasteiger partial charge in [0.2, 0.25) is 0 Å². The Balaban J connectivity index is 3.06. The van der Waals surface area contributed by atoms with Crippen LogP contribution >= 0.6 is 15.9 Å². The number of nitrogens with zero attached hydrogens (tertiary/aromatic N) is 1. The van der Waals surface area contributed by atoms with Crippen LogP contribution in [-0.2, 0) is 11.2 Å². The van der Waals surface area contributed by atoms with E-state index in [0.29, 0.717) is 6.42 Å². The number of hydrogen-bond donors (Lipinski definition) is 2. The van der Waals surface area contributed by atoms with Crippen molar-refractivity contribution in [2.24, 2.45) is 5.73 Å². The minimum Gasteiger partial charge on any atom is -0.480 e. The highest BCUT2D eigenvalue weighted by molar-refractivity contribution is 9.10. The minimum atomic E-state index is -0.986. The van der Waals surface area contributed by atoms with Crippen LogP contribution < -0.4 is 10.6 Å². The molecule has 1 atom stereocenters. The Kier molecular flexibility index (Phi) is 4.32. The average Bonchev–Trinajstić information content (AvgIpc) is 2.20. The van der Waals surface area contributed by atoms with Gasteiger partial charge in [0.15, 0.2) is 0 Å². The second-order valence-electron chi connectivity index (χ2n) is 3.78. The molecule has 0 aliphatic rings. The monoisotopic (exact) mass is 286 g/mol. The van der Waals surface area contributed by atoms with Gasteiger partial charge in [0.1, 0.15) is 6.04 Å². The number of aliphatic carboxylic acids is 1. The van der Waals surface area contributed by atoms with E-state index in [1.807, 2.05) is 37.2 Å². The minimum absolute atomic E-state index is 0.310. The third kappa shape index (κ3) is 2.96.